The molecular formula is C21H25NO5S. The number of aryl methyl sites for hydroxylation is 1. The van der Waals surface area contributed by atoms with E-state index in [1.54, 1.807) is 62.6 Å². The minimum absolute atomic E-state index is 0.113. The van der Waals surface area contributed by atoms with Gasteiger partial charge in [-0.05, 0) is 43.7 Å². The van der Waals surface area contributed by atoms with Crippen LogP contribution in [0.4, 0.5) is 0 Å². The molecular weight excluding hydrogens is 378 g/mol. The van der Waals surface area contributed by atoms with E-state index in [0.29, 0.717) is 5.75 Å². The molecule has 1 aliphatic rings. The van der Waals surface area contributed by atoms with Crippen molar-refractivity contribution >= 4 is 15.8 Å². The van der Waals surface area contributed by atoms with E-state index < -0.39 is 32.4 Å². The zero-order valence-electron chi connectivity index (χ0n) is 16.2. The van der Waals surface area contributed by atoms with Crippen LogP contribution in [0, 0.1) is 12.3 Å². The summed E-state index contributed by atoms with van der Waals surface area (Å²) in [4.78, 5) is 13.0. The van der Waals surface area contributed by atoms with E-state index >= 15 is 0 Å². The van der Waals surface area contributed by atoms with Crippen molar-refractivity contribution in [2.45, 2.75) is 29.9 Å². The van der Waals surface area contributed by atoms with Crippen LogP contribution in [0.3, 0.4) is 0 Å². The number of esters is 1. The standard InChI is InChI=1S/C21H25NO5S/c1-4-27-20(23)21(13-22)18(15-7-9-16(26-3)10-8-15)19(21)28(24,25)17-11-5-14(2)6-12-17/h5-12,18-19H,4,13,22H2,1-3H3/t18-,19-,21+/m0/s1. The summed E-state index contributed by atoms with van der Waals surface area (Å²) in [5, 5.41) is -0.972. The smallest absolute Gasteiger partial charge is 0.315 e. The van der Waals surface area contributed by atoms with Gasteiger partial charge in [-0.2, -0.15) is 0 Å². The fraction of sp³-hybridized carbons (Fsp3) is 0.381. The molecule has 0 unspecified atom stereocenters. The van der Waals surface area contributed by atoms with Gasteiger partial charge in [0.25, 0.3) is 0 Å². The van der Waals surface area contributed by atoms with Gasteiger partial charge in [-0.25, -0.2) is 8.42 Å². The van der Waals surface area contributed by atoms with E-state index in [1.165, 1.54) is 0 Å². The molecule has 0 amide bonds. The molecule has 7 heteroatoms. The summed E-state index contributed by atoms with van der Waals surface area (Å²) in [5.41, 5.74) is 6.36. The lowest BCUT2D eigenvalue weighted by Crippen LogP contribution is -2.33. The van der Waals surface area contributed by atoms with Gasteiger partial charge in [0, 0.05) is 12.5 Å². The maximum Gasteiger partial charge on any atom is 0.315 e. The molecule has 6 nitrogen and oxygen atoms in total. The van der Waals surface area contributed by atoms with E-state index in [0.717, 1.165) is 11.1 Å². The highest BCUT2D eigenvalue weighted by Gasteiger charge is 2.75. The molecule has 3 rings (SSSR count). The van der Waals surface area contributed by atoms with Gasteiger partial charge in [-0.1, -0.05) is 29.8 Å². The first-order valence-electron chi connectivity index (χ1n) is 9.14. The number of hydrogen-bond donors (Lipinski definition) is 1. The minimum atomic E-state index is -3.79. The predicted octanol–water partition coefficient (Wildman–Crippen LogP) is 2.45. The fourth-order valence-corrected chi connectivity index (χ4v) is 6.23. The van der Waals surface area contributed by atoms with Gasteiger partial charge >= 0.3 is 5.97 Å². The topological polar surface area (TPSA) is 95.7 Å². The number of sulfone groups is 1. The Bertz CT molecular complexity index is 953. The molecule has 2 aromatic carbocycles. The van der Waals surface area contributed by atoms with E-state index in [1.807, 2.05) is 6.92 Å². The molecule has 1 fully saturated rings. The average molecular weight is 404 g/mol. The minimum Gasteiger partial charge on any atom is -0.497 e. The molecule has 0 spiro atoms. The molecule has 28 heavy (non-hydrogen) atoms. The summed E-state index contributed by atoms with van der Waals surface area (Å²) in [6, 6.07) is 13.7. The third-order valence-corrected chi connectivity index (χ3v) is 7.70. The summed E-state index contributed by atoms with van der Waals surface area (Å²) in [6.45, 7) is 3.62. The molecule has 3 atom stereocenters. The zero-order valence-corrected chi connectivity index (χ0v) is 17.0. The number of carbonyl (C=O) groups excluding carboxylic acids is 1. The van der Waals surface area contributed by atoms with Crippen molar-refractivity contribution in [1.82, 2.24) is 0 Å². The Kier molecular flexibility index (Phi) is 5.50. The molecule has 0 radical (unpaired) electrons. The predicted molar refractivity (Wildman–Crippen MR) is 106 cm³/mol. The monoisotopic (exact) mass is 403 g/mol. The van der Waals surface area contributed by atoms with Gasteiger partial charge in [-0.15, -0.1) is 0 Å². The van der Waals surface area contributed by atoms with E-state index in [2.05, 4.69) is 0 Å². The van der Waals surface area contributed by atoms with Crippen LogP contribution < -0.4 is 10.5 Å². The Morgan fingerprint density at radius 3 is 2.21 bits per heavy atom. The second kappa shape index (κ2) is 7.56. The summed E-state index contributed by atoms with van der Waals surface area (Å²) >= 11 is 0. The number of methoxy groups -OCH3 is 1. The Morgan fingerprint density at radius 1 is 1.11 bits per heavy atom. The number of carbonyl (C=O) groups is 1. The van der Waals surface area contributed by atoms with Crippen LogP contribution in [0.25, 0.3) is 0 Å². The van der Waals surface area contributed by atoms with Crippen LogP contribution in [-0.4, -0.2) is 39.9 Å². The summed E-state index contributed by atoms with van der Waals surface area (Å²) in [7, 11) is -2.24. The van der Waals surface area contributed by atoms with Crippen LogP contribution in [-0.2, 0) is 19.4 Å². The second-order valence-corrected chi connectivity index (χ2v) is 9.06. The normalized spacial score (nSPS) is 23.9. The van der Waals surface area contributed by atoms with Crippen molar-refractivity contribution in [3.8, 4) is 5.75 Å². The summed E-state index contributed by atoms with van der Waals surface area (Å²) < 4.78 is 37.2. The van der Waals surface area contributed by atoms with Crippen LogP contribution in [0.1, 0.15) is 24.0 Å². The molecule has 0 aromatic heterocycles. The highest BCUT2D eigenvalue weighted by atomic mass is 32.2. The Morgan fingerprint density at radius 2 is 1.71 bits per heavy atom. The van der Waals surface area contributed by atoms with Crippen molar-refractivity contribution in [2.75, 3.05) is 20.3 Å². The van der Waals surface area contributed by atoms with Crippen LogP contribution in [0.5, 0.6) is 5.75 Å². The van der Waals surface area contributed by atoms with Crippen molar-refractivity contribution in [3.05, 3.63) is 59.7 Å². The molecule has 0 heterocycles. The number of rotatable bonds is 7. The summed E-state index contributed by atoms with van der Waals surface area (Å²) in [5.74, 6) is -0.496. The van der Waals surface area contributed by atoms with Gasteiger partial charge < -0.3 is 15.2 Å². The van der Waals surface area contributed by atoms with Gasteiger partial charge in [0.15, 0.2) is 9.84 Å². The molecule has 1 aliphatic carbocycles. The lowest BCUT2D eigenvalue weighted by Gasteiger charge is -2.14. The highest BCUT2D eigenvalue weighted by Crippen LogP contribution is 2.64. The lowest BCUT2D eigenvalue weighted by atomic mass is 9.99. The van der Waals surface area contributed by atoms with E-state index in [4.69, 9.17) is 15.2 Å². The number of ether oxygens (including phenoxy) is 2. The van der Waals surface area contributed by atoms with Crippen LogP contribution in [0.2, 0.25) is 0 Å². The molecule has 2 aromatic rings. The first-order valence-corrected chi connectivity index (χ1v) is 10.7. The SMILES string of the molecule is CCOC(=O)[C@]1(CN)[C@@H](c2ccc(OC)cc2)[C@@H]1S(=O)(=O)c1ccc(C)cc1. The zero-order chi connectivity index (χ0) is 20.5. The van der Waals surface area contributed by atoms with Crippen molar-refractivity contribution < 1.29 is 22.7 Å². The third kappa shape index (κ3) is 3.18. The molecule has 0 saturated heterocycles. The molecule has 1 saturated carbocycles. The van der Waals surface area contributed by atoms with Gasteiger partial charge in [0.1, 0.15) is 11.2 Å². The largest absolute Gasteiger partial charge is 0.497 e. The third-order valence-electron chi connectivity index (χ3n) is 5.41. The Labute approximate surface area is 165 Å². The Hall–Kier alpha value is -2.38. The van der Waals surface area contributed by atoms with Crippen LogP contribution in [0.15, 0.2) is 53.4 Å². The van der Waals surface area contributed by atoms with E-state index in [-0.39, 0.29) is 18.0 Å². The average Bonchev–Trinajstić information content (AvgIpc) is 3.40. The first kappa shape index (κ1) is 20.4. The molecule has 0 bridgehead atoms. The molecule has 2 N–H and O–H groups in total. The Balaban J connectivity index is 2.09. The summed E-state index contributed by atoms with van der Waals surface area (Å²) in [6.07, 6.45) is 0. The quantitative estimate of drug-likeness (QED) is 0.714. The van der Waals surface area contributed by atoms with Crippen molar-refractivity contribution in [1.29, 1.82) is 0 Å². The van der Waals surface area contributed by atoms with Crippen molar-refractivity contribution in [3.63, 3.8) is 0 Å². The number of hydrogen-bond acceptors (Lipinski definition) is 6. The van der Waals surface area contributed by atoms with Gasteiger partial charge in [0.2, 0.25) is 0 Å². The first-order chi connectivity index (χ1) is 13.3. The number of benzene rings is 2. The molecule has 150 valence electrons. The van der Waals surface area contributed by atoms with Crippen LogP contribution >= 0.6 is 0 Å². The highest BCUT2D eigenvalue weighted by molar-refractivity contribution is 7.92. The number of nitrogens with two attached hydrogens (primary N) is 1. The molecule has 0 aliphatic heterocycles. The maximum atomic E-state index is 13.4. The van der Waals surface area contributed by atoms with E-state index in [9.17, 15) is 13.2 Å². The van der Waals surface area contributed by atoms with Gasteiger partial charge in [0.05, 0.1) is 23.9 Å². The van der Waals surface area contributed by atoms with Gasteiger partial charge in [-0.3, -0.25) is 4.79 Å². The lowest BCUT2D eigenvalue weighted by molar-refractivity contribution is -0.149. The van der Waals surface area contributed by atoms with Crippen molar-refractivity contribution in [2.24, 2.45) is 11.1 Å². The second-order valence-electron chi connectivity index (χ2n) is 6.99. The maximum absolute atomic E-state index is 13.4. The fourth-order valence-electron chi connectivity index (χ4n) is 3.85.